The average Bonchev–Trinajstić information content (AvgIpc) is 3.25. The minimum Gasteiger partial charge on any atom is -0.338 e. The number of aromatic nitrogens is 5. The number of amides is 1. The minimum absolute atomic E-state index is 0.0272. The van der Waals surface area contributed by atoms with Crippen LogP contribution in [0, 0.1) is 0 Å². The molecule has 140 valence electrons. The Morgan fingerprint density at radius 3 is 2.71 bits per heavy atom. The molecule has 0 N–H and O–H groups in total. The summed E-state index contributed by atoms with van der Waals surface area (Å²) in [5, 5.41) is 8.88. The molecule has 1 aliphatic heterocycles. The number of pyridine rings is 1. The minimum atomic E-state index is 0.0272. The normalized spacial score (nSPS) is 14.1. The lowest BCUT2D eigenvalue weighted by Crippen LogP contribution is -2.33. The molecule has 0 fully saturated rings. The van der Waals surface area contributed by atoms with Crippen molar-refractivity contribution in [3.05, 3.63) is 71.8 Å². The Labute approximate surface area is 162 Å². The van der Waals surface area contributed by atoms with Gasteiger partial charge >= 0.3 is 0 Å². The summed E-state index contributed by atoms with van der Waals surface area (Å²) in [6.45, 7) is 1.35. The van der Waals surface area contributed by atoms with E-state index in [1.54, 1.807) is 10.7 Å². The molecule has 0 bridgehead atoms. The molecule has 28 heavy (non-hydrogen) atoms. The van der Waals surface area contributed by atoms with Crippen molar-refractivity contribution in [1.82, 2.24) is 29.3 Å². The Hall–Kier alpha value is -3.48. The molecule has 1 aromatic carbocycles. The van der Waals surface area contributed by atoms with Crippen LogP contribution in [0.15, 0.2) is 55.0 Å². The van der Waals surface area contributed by atoms with Crippen LogP contribution in [0.1, 0.15) is 21.6 Å². The monoisotopic (exact) mass is 372 g/mol. The van der Waals surface area contributed by atoms with E-state index < -0.39 is 0 Å². The van der Waals surface area contributed by atoms with Crippen molar-refractivity contribution in [2.75, 3.05) is 13.1 Å². The highest BCUT2D eigenvalue weighted by atomic mass is 16.2. The van der Waals surface area contributed by atoms with E-state index in [-0.39, 0.29) is 5.91 Å². The Kier molecular flexibility index (Phi) is 3.93. The van der Waals surface area contributed by atoms with Crippen molar-refractivity contribution < 1.29 is 4.79 Å². The molecule has 0 saturated heterocycles. The second-order valence-electron chi connectivity index (χ2n) is 7.04. The molecule has 0 atom stereocenters. The van der Waals surface area contributed by atoms with E-state index in [0.29, 0.717) is 18.7 Å². The Morgan fingerprint density at radius 2 is 1.86 bits per heavy atom. The van der Waals surface area contributed by atoms with Crippen LogP contribution in [0.3, 0.4) is 0 Å². The molecule has 7 nitrogen and oxygen atoms in total. The predicted molar refractivity (Wildman–Crippen MR) is 105 cm³/mol. The number of carbonyl (C=O) groups excluding carboxylic acids is 1. The van der Waals surface area contributed by atoms with Crippen LogP contribution in [0.4, 0.5) is 0 Å². The maximum Gasteiger partial charge on any atom is 0.255 e. The molecule has 0 unspecified atom stereocenters. The number of fused-ring (bicyclic) bond motifs is 2. The fourth-order valence-electron chi connectivity index (χ4n) is 3.93. The first kappa shape index (κ1) is 16.7. The van der Waals surface area contributed by atoms with E-state index in [4.69, 9.17) is 5.10 Å². The molecule has 0 spiro atoms. The van der Waals surface area contributed by atoms with Gasteiger partial charge in [0, 0.05) is 49.6 Å². The van der Waals surface area contributed by atoms with Gasteiger partial charge in [0.05, 0.1) is 11.3 Å². The zero-order chi connectivity index (χ0) is 19.1. The topological polar surface area (TPSA) is 68.3 Å². The lowest BCUT2D eigenvalue weighted by Gasteiger charge is -2.20. The van der Waals surface area contributed by atoms with Gasteiger partial charge in [0.2, 0.25) is 0 Å². The number of benzene rings is 1. The van der Waals surface area contributed by atoms with Crippen LogP contribution >= 0.6 is 0 Å². The molecule has 4 aromatic rings. The molecule has 5 rings (SSSR count). The number of nitrogens with zero attached hydrogens (tertiary/aromatic N) is 6. The summed E-state index contributed by atoms with van der Waals surface area (Å²) in [6, 6.07) is 13.9. The van der Waals surface area contributed by atoms with Gasteiger partial charge in [-0.3, -0.25) is 9.48 Å². The van der Waals surface area contributed by atoms with Crippen LogP contribution in [0.5, 0.6) is 0 Å². The maximum absolute atomic E-state index is 13.1. The fraction of sp³-hybridized carbons (Fsp3) is 0.238. The molecule has 0 radical (unpaired) electrons. The fourth-order valence-corrected chi connectivity index (χ4v) is 3.93. The Bertz CT molecular complexity index is 1160. The summed E-state index contributed by atoms with van der Waals surface area (Å²) < 4.78 is 3.60. The van der Waals surface area contributed by atoms with Crippen molar-refractivity contribution in [1.29, 1.82) is 0 Å². The number of hydrogen-bond donors (Lipinski definition) is 0. The van der Waals surface area contributed by atoms with E-state index in [1.165, 1.54) is 17.6 Å². The van der Waals surface area contributed by atoms with E-state index in [9.17, 15) is 4.79 Å². The summed E-state index contributed by atoms with van der Waals surface area (Å²) in [5.74, 6) is 0.0272. The smallest absolute Gasteiger partial charge is 0.255 e. The summed E-state index contributed by atoms with van der Waals surface area (Å²) in [7, 11) is 1.99. The van der Waals surface area contributed by atoms with Crippen LogP contribution in [0.2, 0.25) is 0 Å². The van der Waals surface area contributed by atoms with E-state index >= 15 is 0 Å². The second-order valence-corrected chi connectivity index (χ2v) is 7.04. The lowest BCUT2D eigenvalue weighted by atomic mass is 10.0. The SMILES string of the molecule is Cn1nc(-c2ccccc2)c2c1CCN(C(=O)c1ccc3ncnn3c1)CC2. The molecule has 1 amide bonds. The van der Waals surface area contributed by atoms with Gasteiger partial charge in [0.1, 0.15) is 6.33 Å². The van der Waals surface area contributed by atoms with Gasteiger partial charge in [0.25, 0.3) is 5.91 Å². The number of hydrogen-bond acceptors (Lipinski definition) is 4. The van der Waals surface area contributed by atoms with Gasteiger partial charge in [-0.15, -0.1) is 0 Å². The second kappa shape index (κ2) is 6.60. The number of rotatable bonds is 2. The number of carbonyl (C=O) groups is 1. The van der Waals surface area contributed by atoms with Crippen molar-refractivity contribution in [3.63, 3.8) is 0 Å². The highest BCUT2D eigenvalue weighted by Crippen LogP contribution is 2.28. The molecule has 0 aliphatic carbocycles. The third-order valence-corrected chi connectivity index (χ3v) is 5.38. The third kappa shape index (κ3) is 2.76. The van der Waals surface area contributed by atoms with Crippen molar-refractivity contribution in [2.45, 2.75) is 12.8 Å². The van der Waals surface area contributed by atoms with Crippen LogP contribution in [-0.4, -0.2) is 48.3 Å². The third-order valence-electron chi connectivity index (χ3n) is 5.38. The quantitative estimate of drug-likeness (QED) is 0.542. The van der Waals surface area contributed by atoms with Gasteiger partial charge < -0.3 is 4.90 Å². The van der Waals surface area contributed by atoms with Gasteiger partial charge in [0.15, 0.2) is 5.65 Å². The largest absolute Gasteiger partial charge is 0.338 e. The van der Waals surface area contributed by atoms with Gasteiger partial charge in [-0.05, 0) is 18.6 Å². The predicted octanol–water partition coefficient (Wildman–Crippen LogP) is 2.37. The first-order chi connectivity index (χ1) is 13.7. The van der Waals surface area contributed by atoms with Crippen molar-refractivity contribution >= 4 is 11.6 Å². The van der Waals surface area contributed by atoms with E-state index in [2.05, 4.69) is 22.2 Å². The first-order valence-electron chi connectivity index (χ1n) is 9.39. The van der Waals surface area contributed by atoms with E-state index in [0.717, 1.165) is 29.7 Å². The summed E-state index contributed by atoms with van der Waals surface area (Å²) in [5.41, 5.74) is 5.97. The maximum atomic E-state index is 13.1. The summed E-state index contributed by atoms with van der Waals surface area (Å²) >= 11 is 0. The van der Waals surface area contributed by atoms with Gasteiger partial charge in [-0.25, -0.2) is 9.50 Å². The molecule has 1 aliphatic rings. The zero-order valence-corrected chi connectivity index (χ0v) is 15.6. The molecular formula is C21H20N6O. The van der Waals surface area contributed by atoms with Gasteiger partial charge in [-0.2, -0.15) is 10.2 Å². The zero-order valence-electron chi connectivity index (χ0n) is 15.6. The van der Waals surface area contributed by atoms with Crippen LogP contribution in [-0.2, 0) is 19.9 Å². The Morgan fingerprint density at radius 1 is 1.04 bits per heavy atom. The number of aryl methyl sites for hydroxylation is 1. The summed E-state index contributed by atoms with van der Waals surface area (Å²) in [4.78, 5) is 19.1. The Balaban J connectivity index is 1.42. The highest BCUT2D eigenvalue weighted by molar-refractivity contribution is 5.94. The van der Waals surface area contributed by atoms with Crippen molar-refractivity contribution in [3.8, 4) is 11.3 Å². The van der Waals surface area contributed by atoms with Crippen LogP contribution in [0.25, 0.3) is 16.9 Å². The standard InChI is InChI=1S/C21H20N6O/c1-25-18-10-12-26(21(28)16-7-8-19-22-14-23-27(19)13-16)11-9-17(18)20(24-25)15-5-3-2-4-6-15/h2-8,13-14H,9-12H2,1H3. The van der Waals surface area contributed by atoms with Gasteiger partial charge in [-0.1, -0.05) is 30.3 Å². The van der Waals surface area contributed by atoms with E-state index in [1.807, 2.05) is 47.0 Å². The molecule has 7 heteroatoms. The summed E-state index contributed by atoms with van der Waals surface area (Å²) in [6.07, 6.45) is 4.83. The highest BCUT2D eigenvalue weighted by Gasteiger charge is 2.25. The van der Waals surface area contributed by atoms with Crippen molar-refractivity contribution in [2.24, 2.45) is 7.05 Å². The van der Waals surface area contributed by atoms with Crippen LogP contribution < -0.4 is 0 Å². The molecule has 4 heterocycles. The molecule has 0 saturated carbocycles. The first-order valence-corrected chi connectivity index (χ1v) is 9.39. The molecule has 3 aromatic heterocycles. The lowest BCUT2D eigenvalue weighted by molar-refractivity contribution is 0.0762. The average molecular weight is 372 g/mol. The molecular weight excluding hydrogens is 352 g/mol.